The van der Waals surface area contributed by atoms with Crippen molar-refractivity contribution < 1.29 is 0 Å². The molecule has 0 saturated carbocycles. The third-order valence-corrected chi connectivity index (χ3v) is 3.94. The van der Waals surface area contributed by atoms with Crippen molar-refractivity contribution in [2.75, 3.05) is 0 Å². The van der Waals surface area contributed by atoms with Gasteiger partial charge in [-0.3, -0.25) is 0 Å². The summed E-state index contributed by atoms with van der Waals surface area (Å²) in [4.78, 5) is 0.653. The zero-order valence-corrected chi connectivity index (χ0v) is 10.3. The molecule has 0 amide bonds. The Morgan fingerprint density at radius 1 is 1.50 bits per heavy atom. The fourth-order valence-electron chi connectivity index (χ4n) is 0.804. The van der Waals surface area contributed by atoms with Crippen molar-refractivity contribution in [3.8, 4) is 0 Å². The zero-order chi connectivity index (χ0) is 8.20. The van der Waals surface area contributed by atoms with E-state index in [2.05, 4.69) is 35.9 Å². The minimum absolute atomic E-state index is 0.653. The Labute approximate surface area is 78.2 Å². The molecule has 0 saturated heterocycles. The van der Waals surface area contributed by atoms with Gasteiger partial charge in [-0.2, -0.15) is 11.1 Å². The molecule has 1 atom stereocenters. The Morgan fingerprint density at radius 3 is 2.30 bits per heavy atom. The minimum Gasteiger partial charge on any atom is -0.168 e. The highest BCUT2D eigenvalue weighted by Gasteiger charge is 2.15. The van der Waals surface area contributed by atoms with Gasteiger partial charge in [0.05, 0.1) is 0 Å². The Balaban J connectivity index is 3.21. The van der Waals surface area contributed by atoms with Crippen LogP contribution in [0.25, 0.3) is 0 Å². The number of rotatable bonds is 4. The van der Waals surface area contributed by atoms with Crippen molar-refractivity contribution in [1.82, 2.24) is 0 Å². The number of hydrogen-bond donors (Lipinski definition) is 0. The smallest absolute Gasteiger partial charge is 0.150 e. The van der Waals surface area contributed by atoms with E-state index in [1.807, 2.05) is 0 Å². The van der Waals surface area contributed by atoms with Crippen LogP contribution in [0.15, 0.2) is 0 Å². The largest absolute Gasteiger partial charge is 0.168 e. The highest BCUT2D eigenvalue weighted by molar-refractivity contribution is 9.09. The molecular formula is C7H16BrClSi. The Kier molecular flexibility index (Phi) is 5.25. The van der Waals surface area contributed by atoms with E-state index in [1.165, 1.54) is 18.9 Å². The summed E-state index contributed by atoms with van der Waals surface area (Å²) in [6.45, 7) is 6.59. The van der Waals surface area contributed by atoms with Crippen molar-refractivity contribution >= 4 is 34.4 Å². The molecule has 1 unspecified atom stereocenters. The molecule has 0 aromatic rings. The number of hydrogen-bond acceptors (Lipinski definition) is 0. The molecule has 0 bridgehead atoms. The topological polar surface area (TPSA) is 0 Å². The average molecular weight is 244 g/mol. The van der Waals surface area contributed by atoms with E-state index in [9.17, 15) is 0 Å². The monoisotopic (exact) mass is 242 g/mol. The molecule has 0 nitrogen and oxygen atoms in total. The SMILES string of the molecule is CC(Br)CCC[Si](C)(C)Cl. The van der Waals surface area contributed by atoms with Gasteiger partial charge >= 0.3 is 0 Å². The third-order valence-electron chi connectivity index (χ3n) is 1.37. The molecule has 10 heavy (non-hydrogen) atoms. The lowest BCUT2D eigenvalue weighted by Gasteiger charge is -2.12. The van der Waals surface area contributed by atoms with Gasteiger partial charge in [-0.25, -0.2) is 0 Å². The van der Waals surface area contributed by atoms with Crippen molar-refractivity contribution in [1.29, 1.82) is 0 Å². The van der Waals surface area contributed by atoms with E-state index < -0.39 is 7.38 Å². The van der Waals surface area contributed by atoms with Gasteiger partial charge in [0, 0.05) is 4.83 Å². The van der Waals surface area contributed by atoms with Crippen molar-refractivity contribution in [3.63, 3.8) is 0 Å². The van der Waals surface area contributed by atoms with Gasteiger partial charge in [0.2, 0.25) is 0 Å². The predicted molar refractivity (Wildman–Crippen MR) is 55.8 cm³/mol. The highest BCUT2D eigenvalue weighted by Crippen LogP contribution is 2.19. The molecule has 0 spiro atoms. The molecule has 0 radical (unpaired) electrons. The van der Waals surface area contributed by atoms with Gasteiger partial charge in [-0.1, -0.05) is 42.4 Å². The van der Waals surface area contributed by atoms with E-state index >= 15 is 0 Å². The molecule has 0 aromatic heterocycles. The molecule has 0 fully saturated rings. The standard InChI is InChI=1S/C7H16BrClSi/c1-7(8)5-4-6-10(2,3)9/h7H,4-6H2,1-3H3. The molecule has 0 aliphatic rings. The van der Waals surface area contributed by atoms with Crippen LogP contribution in [0.2, 0.25) is 19.1 Å². The predicted octanol–water partition coefficient (Wildman–Crippen LogP) is 3.99. The fourth-order valence-corrected chi connectivity index (χ4v) is 2.57. The summed E-state index contributed by atoms with van der Waals surface area (Å²) >= 11 is 9.65. The van der Waals surface area contributed by atoms with Crippen LogP contribution in [-0.4, -0.2) is 12.2 Å². The summed E-state index contributed by atoms with van der Waals surface area (Å²) in [5.41, 5.74) is 0. The van der Waals surface area contributed by atoms with Crippen LogP contribution in [0.3, 0.4) is 0 Å². The molecule has 0 heterocycles. The second-order valence-electron chi connectivity index (χ2n) is 3.39. The maximum Gasteiger partial charge on any atom is 0.150 e. The zero-order valence-electron chi connectivity index (χ0n) is 6.95. The van der Waals surface area contributed by atoms with Crippen LogP contribution in [0, 0.1) is 0 Å². The molecule has 62 valence electrons. The molecule has 0 rings (SSSR count). The Hall–Kier alpha value is 0.987. The van der Waals surface area contributed by atoms with Gasteiger partial charge in [-0.15, -0.1) is 0 Å². The molecule has 0 N–H and O–H groups in total. The average Bonchev–Trinajstić information content (AvgIpc) is 1.59. The first-order chi connectivity index (χ1) is 4.42. The number of halogens is 2. The fraction of sp³-hybridized carbons (Fsp3) is 1.00. The van der Waals surface area contributed by atoms with Gasteiger partial charge in [-0.05, 0) is 12.5 Å². The van der Waals surface area contributed by atoms with Crippen LogP contribution in [0.5, 0.6) is 0 Å². The molecule has 0 aromatic carbocycles. The van der Waals surface area contributed by atoms with E-state index in [4.69, 9.17) is 11.1 Å². The first-order valence-corrected chi connectivity index (χ1v) is 8.88. The number of alkyl halides is 1. The first-order valence-electron chi connectivity index (χ1n) is 3.75. The van der Waals surface area contributed by atoms with Crippen molar-refractivity contribution in [3.05, 3.63) is 0 Å². The lowest BCUT2D eigenvalue weighted by atomic mass is 10.3. The van der Waals surface area contributed by atoms with E-state index in [-0.39, 0.29) is 0 Å². The summed E-state index contributed by atoms with van der Waals surface area (Å²) in [6, 6.07) is 1.24. The van der Waals surface area contributed by atoms with Crippen molar-refractivity contribution in [2.45, 2.75) is 43.7 Å². The maximum atomic E-state index is 6.14. The Morgan fingerprint density at radius 2 is 2.00 bits per heavy atom. The van der Waals surface area contributed by atoms with Gasteiger partial charge in [0.15, 0.2) is 0 Å². The second kappa shape index (κ2) is 4.78. The van der Waals surface area contributed by atoms with Gasteiger partial charge in [0.25, 0.3) is 0 Å². The summed E-state index contributed by atoms with van der Waals surface area (Å²) in [7, 11) is -1.27. The van der Waals surface area contributed by atoms with Crippen LogP contribution in [0.4, 0.5) is 0 Å². The first kappa shape index (κ1) is 11.0. The van der Waals surface area contributed by atoms with Crippen LogP contribution < -0.4 is 0 Å². The van der Waals surface area contributed by atoms with Crippen LogP contribution >= 0.6 is 27.0 Å². The van der Waals surface area contributed by atoms with Crippen molar-refractivity contribution in [2.24, 2.45) is 0 Å². The van der Waals surface area contributed by atoms with Crippen LogP contribution in [-0.2, 0) is 0 Å². The summed E-state index contributed by atoms with van der Waals surface area (Å²) < 4.78 is 0. The summed E-state index contributed by atoms with van der Waals surface area (Å²) in [5, 5.41) is 0. The maximum absolute atomic E-state index is 6.14. The van der Waals surface area contributed by atoms with E-state index in [0.29, 0.717) is 4.83 Å². The Bertz CT molecular complexity index is 88.1. The van der Waals surface area contributed by atoms with E-state index in [1.54, 1.807) is 0 Å². The summed E-state index contributed by atoms with van der Waals surface area (Å²) in [5.74, 6) is 0. The normalized spacial score (nSPS) is 15.3. The third kappa shape index (κ3) is 8.99. The molecule has 0 aliphatic carbocycles. The highest BCUT2D eigenvalue weighted by atomic mass is 79.9. The lowest BCUT2D eigenvalue weighted by Crippen LogP contribution is -2.15. The second-order valence-corrected chi connectivity index (χ2v) is 12.0. The van der Waals surface area contributed by atoms with Gasteiger partial charge < -0.3 is 0 Å². The van der Waals surface area contributed by atoms with E-state index in [0.717, 1.165) is 0 Å². The lowest BCUT2D eigenvalue weighted by molar-refractivity contribution is 0.789. The molecular weight excluding hydrogens is 228 g/mol. The minimum atomic E-state index is -1.27. The summed E-state index contributed by atoms with van der Waals surface area (Å²) in [6.07, 6.45) is 2.53. The quantitative estimate of drug-likeness (QED) is 0.398. The molecule has 0 aliphatic heterocycles. The van der Waals surface area contributed by atoms with Crippen LogP contribution in [0.1, 0.15) is 19.8 Å². The molecule has 3 heteroatoms. The van der Waals surface area contributed by atoms with Gasteiger partial charge in [0.1, 0.15) is 7.38 Å².